The molecule has 152 valence electrons. The van der Waals surface area contributed by atoms with Gasteiger partial charge in [0.05, 0.1) is 6.04 Å². The molecule has 0 spiro atoms. The number of rotatable bonds is 5. The van der Waals surface area contributed by atoms with E-state index in [4.69, 9.17) is 4.98 Å². The van der Waals surface area contributed by atoms with Gasteiger partial charge in [-0.25, -0.2) is 4.98 Å². The van der Waals surface area contributed by atoms with Crippen LogP contribution in [0.15, 0.2) is 23.9 Å². The van der Waals surface area contributed by atoms with E-state index in [1.165, 1.54) is 38.5 Å². The smallest absolute Gasteiger partial charge is 0.224 e. The molecule has 2 atom stereocenters. The highest BCUT2D eigenvalue weighted by Gasteiger charge is 2.51. The van der Waals surface area contributed by atoms with Crippen molar-refractivity contribution in [3.63, 3.8) is 0 Å². The summed E-state index contributed by atoms with van der Waals surface area (Å²) >= 11 is 0. The average Bonchev–Trinajstić information content (AvgIpc) is 2.96. The Morgan fingerprint density at radius 2 is 1.93 bits per heavy atom. The summed E-state index contributed by atoms with van der Waals surface area (Å²) in [7, 11) is 0. The minimum atomic E-state index is 0.478. The van der Waals surface area contributed by atoms with Crippen molar-refractivity contribution in [3.05, 3.63) is 23.9 Å². The van der Waals surface area contributed by atoms with E-state index < -0.39 is 0 Å². The molecule has 5 nitrogen and oxygen atoms in total. The Bertz CT molecular complexity index is 728. The maximum absolute atomic E-state index is 4.81. The molecular formula is C23H35N5. The molecule has 0 aromatic carbocycles. The highest BCUT2D eigenvalue weighted by atomic mass is 15.3. The van der Waals surface area contributed by atoms with Crippen LogP contribution in [0.5, 0.6) is 0 Å². The molecule has 2 aliphatic heterocycles. The molecule has 5 heteroatoms. The van der Waals surface area contributed by atoms with Crippen LogP contribution >= 0.6 is 0 Å². The zero-order valence-corrected chi connectivity index (χ0v) is 17.5. The third-order valence-corrected chi connectivity index (χ3v) is 7.85. The fraction of sp³-hybridized carbons (Fsp3) is 0.739. The molecule has 3 fully saturated rings. The third kappa shape index (κ3) is 3.42. The van der Waals surface area contributed by atoms with E-state index >= 15 is 0 Å². The van der Waals surface area contributed by atoms with Crippen LogP contribution in [0.2, 0.25) is 0 Å². The fourth-order valence-electron chi connectivity index (χ4n) is 5.78. The van der Waals surface area contributed by atoms with E-state index in [1.807, 2.05) is 6.20 Å². The van der Waals surface area contributed by atoms with Crippen molar-refractivity contribution in [2.24, 2.45) is 17.3 Å². The number of nitrogens with zero attached hydrogens (tertiary/aromatic N) is 4. The molecule has 1 aromatic rings. The second kappa shape index (κ2) is 7.33. The van der Waals surface area contributed by atoms with Gasteiger partial charge in [0.2, 0.25) is 5.95 Å². The monoisotopic (exact) mass is 381 g/mol. The Morgan fingerprint density at radius 3 is 2.64 bits per heavy atom. The van der Waals surface area contributed by atoms with Gasteiger partial charge in [-0.15, -0.1) is 0 Å². The van der Waals surface area contributed by atoms with Crippen LogP contribution in [-0.2, 0) is 0 Å². The van der Waals surface area contributed by atoms with Gasteiger partial charge in [0.25, 0.3) is 0 Å². The molecule has 3 heterocycles. The normalized spacial score (nSPS) is 30.1. The number of hydrogen-bond acceptors (Lipinski definition) is 5. The first-order valence-corrected chi connectivity index (χ1v) is 11.4. The Kier molecular flexibility index (Phi) is 4.82. The molecule has 1 aromatic heterocycles. The fourth-order valence-corrected chi connectivity index (χ4v) is 5.78. The Hall–Kier alpha value is -1.62. The maximum Gasteiger partial charge on any atom is 0.224 e. The molecule has 0 amide bonds. The van der Waals surface area contributed by atoms with Crippen LogP contribution in [0.1, 0.15) is 52.4 Å². The molecule has 2 bridgehead atoms. The van der Waals surface area contributed by atoms with Gasteiger partial charge in [-0.1, -0.05) is 38.3 Å². The van der Waals surface area contributed by atoms with Gasteiger partial charge < -0.3 is 10.2 Å². The van der Waals surface area contributed by atoms with Gasteiger partial charge in [-0.2, -0.15) is 4.98 Å². The predicted molar refractivity (Wildman–Crippen MR) is 115 cm³/mol. The van der Waals surface area contributed by atoms with Crippen LogP contribution in [0, 0.1) is 17.3 Å². The van der Waals surface area contributed by atoms with Crippen molar-refractivity contribution in [2.75, 3.05) is 42.9 Å². The van der Waals surface area contributed by atoms with Gasteiger partial charge >= 0.3 is 0 Å². The Labute approximate surface area is 169 Å². The van der Waals surface area contributed by atoms with Crippen molar-refractivity contribution >= 4 is 11.8 Å². The first-order valence-electron chi connectivity index (χ1n) is 11.4. The standard InChI is InChI=1S/C23H35N5/c1-23(2)18-8-7-17(20(23)13-18)14-27-15-19(16-27)25-22-24-10-9-21(26-22)28-11-5-3-4-6-12-28/h7,9-10,18-20H,3-6,8,11-16H2,1-2H3,(H,24,25,26)/t18-,20+/m0/s1. The highest BCUT2D eigenvalue weighted by Crippen LogP contribution is 2.59. The summed E-state index contributed by atoms with van der Waals surface area (Å²) in [4.78, 5) is 14.3. The van der Waals surface area contributed by atoms with Crippen LogP contribution in [0.25, 0.3) is 0 Å². The van der Waals surface area contributed by atoms with Gasteiger partial charge in [-0.05, 0) is 49.0 Å². The van der Waals surface area contributed by atoms with Crippen LogP contribution in [0.3, 0.4) is 0 Å². The summed E-state index contributed by atoms with van der Waals surface area (Å²) < 4.78 is 0. The summed E-state index contributed by atoms with van der Waals surface area (Å²) in [6, 6.07) is 2.54. The maximum atomic E-state index is 4.81. The largest absolute Gasteiger partial charge is 0.356 e. The van der Waals surface area contributed by atoms with Crippen molar-refractivity contribution in [1.82, 2.24) is 14.9 Å². The first-order chi connectivity index (χ1) is 13.6. The minimum Gasteiger partial charge on any atom is -0.356 e. The molecule has 28 heavy (non-hydrogen) atoms. The van der Waals surface area contributed by atoms with Gasteiger partial charge in [0.15, 0.2) is 0 Å². The molecule has 1 saturated carbocycles. The van der Waals surface area contributed by atoms with Gasteiger partial charge in [-0.3, -0.25) is 4.90 Å². The van der Waals surface area contributed by atoms with Crippen molar-refractivity contribution < 1.29 is 0 Å². The van der Waals surface area contributed by atoms with E-state index in [-0.39, 0.29) is 0 Å². The lowest BCUT2D eigenvalue weighted by Crippen LogP contribution is -2.57. The predicted octanol–water partition coefficient (Wildman–Crippen LogP) is 3.95. The van der Waals surface area contributed by atoms with Crippen molar-refractivity contribution in [1.29, 1.82) is 0 Å². The summed E-state index contributed by atoms with van der Waals surface area (Å²) in [5.41, 5.74) is 2.24. The van der Waals surface area contributed by atoms with Gasteiger partial charge in [0, 0.05) is 38.9 Å². The zero-order valence-electron chi connectivity index (χ0n) is 17.5. The lowest BCUT2D eigenvalue weighted by molar-refractivity contribution is -0.0129. The van der Waals surface area contributed by atoms with E-state index in [0.717, 1.165) is 56.3 Å². The number of allylic oxidation sites excluding steroid dienone is 1. The lowest BCUT2D eigenvalue weighted by Gasteiger charge is -2.57. The second-order valence-electron chi connectivity index (χ2n) is 10.00. The average molecular weight is 382 g/mol. The number of anilines is 2. The topological polar surface area (TPSA) is 44.3 Å². The second-order valence-corrected chi connectivity index (χ2v) is 10.00. The lowest BCUT2D eigenvalue weighted by atomic mass is 9.49. The molecule has 5 aliphatic rings. The van der Waals surface area contributed by atoms with Crippen molar-refractivity contribution in [2.45, 2.75) is 58.4 Å². The van der Waals surface area contributed by atoms with E-state index in [0.29, 0.717) is 11.5 Å². The quantitative estimate of drug-likeness (QED) is 0.783. The zero-order chi connectivity index (χ0) is 19.1. The summed E-state index contributed by atoms with van der Waals surface area (Å²) in [5.74, 6) is 3.64. The molecule has 1 N–H and O–H groups in total. The van der Waals surface area contributed by atoms with Crippen molar-refractivity contribution in [3.8, 4) is 0 Å². The molecule has 0 radical (unpaired) electrons. The van der Waals surface area contributed by atoms with Crippen LogP contribution < -0.4 is 10.2 Å². The first kappa shape index (κ1) is 18.4. The SMILES string of the molecule is CC1(C)[C@H]2CC=C(CN3CC(Nc4nccc(N5CCCCCC5)n4)C3)[C@H]1C2. The molecule has 6 rings (SSSR count). The number of likely N-dealkylation sites (tertiary alicyclic amines) is 1. The van der Waals surface area contributed by atoms with Crippen LogP contribution in [-0.4, -0.2) is 53.6 Å². The number of hydrogen-bond donors (Lipinski definition) is 1. The number of nitrogens with one attached hydrogen (secondary N) is 1. The van der Waals surface area contributed by atoms with E-state index in [2.05, 4.69) is 46.1 Å². The van der Waals surface area contributed by atoms with E-state index in [1.54, 1.807) is 5.57 Å². The third-order valence-electron chi connectivity index (χ3n) is 7.85. The van der Waals surface area contributed by atoms with Crippen LogP contribution in [0.4, 0.5) is 11.8 Å². The summed E-state index contributed by atoms with van der Waals surface area (Å²) in [6.45, 7) is 10.5. The molecule has 0 unspecified atom stereocenters. The molecule has 2 saturated heterocycles. The van der Waals surface area contributed by atoms with E-state index in [9.17, 15) is 0 Å². The molecule has 3 aliphatic carbocycles. The highest BCUT2D eigenvalue weighted by molar-refractivity contribution is 5.43. The summed E-state index contributed by atoms with van der Waals surface area (Å²) in [5, 5.41) is 3.57. The summed E-state index contributed by atoms with van der Waals surface area (Å²) in [6.07, 6.45) is 12.4. The minimum absolute atomic E-state index is 0.478. The number of fused-ring (bicyclic) bond motifs is 1. The Balaban J connectivity index is 1.13. The molecular weight excluding hydrogens is 346 g/mol. The van der Waals surface area contributed by atoms with Gasteiger partial charge in [0.1, 0.15) is 5.82 Å². The number of aromatic nitrogens is 2. The Morgan fingerprint density at radius 1 is 1.14 bits per heavy atom.